The lowest BCUT2D eigenvalue weighted by Crippen LogP contribution is -2.07. The van der Waals surface area contributed by atoms with E-state index in [1.807, 2.05) is 30.5 Å². The molecule has 0 atom stereocenters. The van der Waals surface area contributed by atoms with E-state index in [1.165, 1.54) is 18.0 Å². The van der Waals surface area contributed by atoms with Crippen LogP contribution in [-0.4, -0.2) is 33.9 Å². The average Bonchev–Trinajstić information content (AvgIpc) is 3.13. The highest BCUT2D eigenvalue weighted by atomic mass is 32.2. The quantitative estimate of drug-likeness (QED) is 0.599. The van der Waals surface area contributed by atoms with E-state index in [4.69, 9.17) is 4.74 Å². The lowest BCUT2D eigenvalue weighted by atomic mass is 10.1. The Morgan fingerprint density at radius 3 is 2.41 bits per heavy atom. The number of nitrogens with zero attached hydrogens (tertiary/aromatic N) is 3. The fourth-order valence-electron chi connectivity index (χ4n) is 2.60. The number of methoxy groups -OCH3 is 1. The lowest BCUT2D eigenvalue weighted by Gasteiger charge is -2.09. The van der Waals surface area contributed by atoms with Crippen molar-refractivity contribution in [2.24, 2.45) is 0 Å². The Kier molecular flexibility index (Phi) is 5.74. The van der Waals surface area contributed by atoms with Crippen LogP contribution in [0.25, 0.3) is 16.9 Å². The standard InChI is InChI=1S/C19H18F3N3OS/c1-26-18-8-7-15(12-23-18)25-16(11-17(24-25)19(20,21)22)14-5-3-13(4-6-14)9-10-27-2/h3-8,11-12H,9-10H2,1-2H3. The van der Waals surface area contributed by atoms with Gasteiger partial charge in [0.25, 0.3) is 0 Å². The maximum atomic E-state index is 13.2. The summed E-state index contributed by atoms with van der Waals surface area (Å²) < 4.78 is 45.9. The summed E-state index contributed by atoms with van der Waals surface area (Å²) in [6, 6.07) is 11.8. The fraction of sp³-hybridized carbons (Fsp3) is 0.263. The molecule has 2 heterocycles. The number of hydrogen-bond acceptors (Lipinski definition) is 4. The van der Waals surface area contributed by atoms with E-state index in [0.717, 1.165) is 23.8 Å². The molecular weight excluding hydrogens is 375 g/mol. The molecule has 3 rings (SSSR count). The van der Waals surface area contributed by atoms with Crippen LogP contribution in [0.3, 0.4) is 0 Å². The maximum Gasteiger partial charge on any atom is 0.435 e. The van der Waals surface area contributed by atoms with Crippen LogP contribution < -0.4 is 4.74 Å². The summed E-state index contributed by atoms with van der Waals surface area (Å²) in [5.74, 6) is 1.37. The van der Waals surface area contributed by atoms with E-state index in [9.17, 15) is 13.2 Å². The number of alkyl halides is 3. The summed E-state index contributed by atoms with van der Waals surface area (Å²) >= 11 is 1.75. The van der Waals surface area contributed by atoms with E-state index >= 15 is 0 Å². The Labute approximate surface area is 159 Å². The third-order valence-corrected chi connectivity index (χ3v) is 4.63. The average molecular weight is 393 g/mol. The molecular formula is C19H18F3N3OS. The number of hydrogen-bond donors (Lipinski definition) is 0. The molecule has 3 aromatic rings. The fourth-order valence-corrected chi connectivity index (χ4v) is 3.04. The normalized spacial score (nSPS) is 11.6. The van der Waals surface area contributed by atoms with E-state index in [2.05, 4.69) is 10.1 Å². The van der Waals surface area contributed by atoms with Crippen molar-refractivity contribution in [3.05, 3.63) is 59.9 Å². The van der Waals surface area contributed by atoms with Crippen molar-refractivity contribution in [1.29, 1.82) is 0 Å². The second-order valence-corrected chi connectivity index (χ2v) is 6.81. The van der Waals surface area contributed by atoms with E-state index < -0.39 is 11.9 Å². The molecule has 2 aromatic heterocycles. The van der Waals surface area contributed by atoms with Gasteiger partial charge in [0.15, 0.2) is 5.69 Å². The van der Waals surface area contributed by atoms with Crippen molar-refractivity contribution in [3.63, 3.8) is 0 Å². The zero-order valence-electron chi connectivity index (χ0n) is 14.8. The van der Waals surface area contributed by atoms with Gasteiger partial charge in [-0.15, -0.1) is 0 Å². The van der Waals surface area contributed by atoms with Crippen LogP contribution in [0.2, 0.25) is 0 Å². The first-order valence-corrected chi connectivity index (χ1v) is 9.57. The van der Waals surface area contributed by atoms with Crippen LogP contribution in [0.5, 0.6) is 5.88 Å². The molecule has 0 fully saturated rings. The summed E-state index contributed by atoms with van der Waals surface area (Å²) in [6.07, 6.45) is -0.147. The molecule has 142 valence electrons. The Morgan fingerprint density at radius 2 is 1.85 bits per heavy atom. The molecule has 0 amide bonds. The Bertz CT molecular complexity index is 890. The predicted molar refractivity (Wildman–Crippen MR) is 100 cm³/mol. The van der Waals surface area contributed by atoms with Gasteiger partial charge in [0.2, 0.25) is 5.88 Å². The van der Waals surface area contributed by atoms with E-state index in [0.29, 0.717) is 22.8 Å². The Morgan fingerprint density at radius 1 is 1.11 bits per heavy atom. The van der Waals surface area contributed by atoms with Gasteiger partial charge in [0.1, 0.15) is 0 Å². The second-order valence-electron chi connectivity index (χ2n) is 5.82. The van der Waals surface area contributed by atoms with Crippen molar-refractivity contribution < 1.29 is 17.9 Å². The van der Waals surface area contributed by atoms with Gasteiger partial charge in [-0.1, -0.05) is 24.3 Å². The van der Waals surface area contributed by atoms with Crippen molar-refractivity contribution in [1.82, 2.24) is 14.8 Å². The van der Waals surface area contributed by atoms with Gasteiger partial charge in [-0.2, -0.15) is 30.0 Å². The van der Waals surface area contributed by atoms with E-state index in [-0.39, 0.29) is 0 Å². The maximum absolute atomic E-state index is 13.2. The highest BCUT2D eigenvalue weighted by molar-refractivity contribution is 7.98. The third-order valence-electron chi connectivity index (χ3n) is 4.02. The first-order chi connectivity index (χ1) is 12.9. The minimum absolute atomic E-state index is 0.353. The molecule has 0 aliphatic carbocycles. The third kappa shape index (κ3) is 4.44. The van der Waals surface area contributed by atoms with Crippen molar-refractivity contribution in [2.75, 3.05) is 19.1 Å². The molecule has 27 heavy (non-hydrogen) atoms. The summed E-state index contributed by atoms with van der Waals surface area (Å²) in [6.45, 7) is 0. The minimum Gasteiger partial charge on any atom is -0.481 e. The largest absolute Gasteiger partial charge is 0.481 e. The van der Waals surface area contributed by atoms with E-state index in [1.54, 1.807) is 23.9 Å². The van der Waals surface area contributed by atoms with Crippen LogP contribution in [0, 0.1) is 0 Å². The smallest absolute Gasteiger partial charge is 0.435 e. The lowest BCUT2D eigenvalue weighted by molar-refractivity contribution is -0.141. The molecule has 4 nitrogen and oxygen atoms in total. The van der Waals surface area contributed by atoms with Gasteiger partial charge in [-0.25, -0.2) is 9.67 Å². The molecule has 0 radical (unpaired) electrons. The molecule has 0 bridgehead atoms. The molecule has 0 saturated carbocycles. The number of aromatic nitrogens is 3. The highest BCUT2D eigenvalue weighted by Crippen LogP contribution is 2.33. The zero-order valence-corrected chi connectivity index (χ0v) is 15.6. The molecule has 0 saturated heterocycles. The number of halogens is 3. The van der Waals surface area contributed by atoms with Crippen molar-refractivity contribution in [2.45, 2.75) is 12.6 Å². The molecule has 0 N–H and O–H groups in total. The van der Waals surface area contributed by atoms with Gasteiger partial charge in [0.05, 0.1) is 24.7 Å². The summed E-state index contributed by atoms with van der Waals surface area (Å²) in [5.41, 5.74) is 1.63. The highest BCUT2D eigenvalue weighted by Gasteiger charge is 2.35. The van der Waals surface area contributed by atoms with Crippen LogP contribution in [0.4, 0.5) is 13.2 Å². The number of benzene rings is 1. The monoisotopic (exact) mass is 393 g/mol. The molecule has 0 aliphatic rings. The van der Waals surface area contributed by atoms with Crippen molar-refractivity contribution >= 4 is 11.8 Å². The SMILES string of the molecule is COc1ccc(-n2nc(C(F)(F)F)cc2-c2ccc(CCSC)cc2)cn1. The zero-order chi connectivity index (χ0) is 19.4. The van der Waals surface area contributed by atoms with Gasteiger partial charge >= 0.3 is 6.18 Å². The summed E-state index contributed by atoms with van der Waals surface area (Å²) in [4.78, 5) is 4.06. The molecule has 0 unspecified atom stereocenters. The van der Waals surface area contributed by atoms with Crippen LogP contribution in [0.15, 0.2) is 48.7 Å². The number of pyridine rings is 1. The number of rotatable bonds is 6. The second kappa shape index (κ2) is 8.04. The van der Waals surface area contributed by atoms with Crippen molar-refractivity contribution in [3.8, 4) is 22.8 Å². The first-order valence-electron chi connectivity index (χ1n) is 8.18. The Hall–Kier alpha value is -2.48. The van der Waals surface area contributed by atoms with Crippen LogP contribution >= 0.6 is 11.8 Å². The first kappa shape index (κ1) is 19.3. The molecule has 0 aliphatic heterocycles. The summed E-state index contributed by atoms with van der Waals surface area (Å²) in [7, 11) is 1.47. The predicted octanol–water partition coefficient (Wildman–Crippen LogP) is 4.87. The molecule has 0 spiro atoms. The minimum atomic E-state index is -4.53. The molecule has 1 aromatic carbocycles. The Balaban J connectivity index is 2.03. The molecule has 8 heteroatoms. The van der Waals surface area contributed by atoms with Gasteiger partial charge in [-0.3, -0.25) is 0 Å². The number of ether oxygens (including phenoxy) is 1. The van der Waals surface area contributed by atoms with Gasteiger partial charge < -0.3 is 4.74 Å². The van der Waals surface area contributed by atoms with Gasteiger partial charge in [-0.05, 0) is 36.1 Å². The number of aryl methyl sites for hydroxylation is 1. The summed E-state index contributed by atoms with van der Waals surface area (Å²) in [5, 5.41) is 3.76. The topological polar surface area (TPSA) is 39.9 Å². The van der Waals surface area contributed by atoms with Crippen LogP contribution in [0.1, 0.15) is 11.3 Å². The van der Waals surface area contributed by atoms with Gasteiger partial charge in [0, 0.05) is 11.6 Å². The number of thioether (sulfide) groups is 1. The van der Waals surface area contributed by atoms with Crippen LogP contribution in [-0.2, 0) is 12.6 Å².